The molecule has 5 heteroatoms. The molecule has 0 fully saturated rings. The number of aryl methyl sites for hydroxylation is 2. The molecule has 0 aliphatic heterocycles. The van der Waals surface area contributed by atoms with Crippen LogP contribution in [0, 0.1) is 20.8 Å². The molecule has 1 unspecified atom stereocenters. The van der Waals surface area contributed by atoms with Gasteiger partial charge in [0.25, 0.3) is 0 Å². The number of aromatic nitrogens is 1. The van der Waals surface area contributed by atoms with Gasteiger partial charge in [-0.2, -0.15) is 0 Å². The van der Waals surface area contributed by atoms with Crippen molar-refractivity contribution in [2.24, 2.45) is 5.84 Å². The number of furan rings is 1. The van der Waals surface area contributed by atoms with E-state index in [0.29, 0.717) is 5.75 Å². The number of hydrazine groups is 1. The summed E-state index contributed by atoms with van der Waals surface area (Å²) in [7, 11) is 1.62. The highest BCUT2D eigenvalue weighted by Crippen LogP contribution is 2.31. The molecule has 0 amide bonds. The zero-order valence-electron chi connectivity index (χ0n) is 11.7. The lowest BCUT2D eigenvalue weighted by Crippen LogP contribution is -2.29. The lowest BCUT2D eigenvalue weighted by Gasteiger charge is -2.17. The predicted molar refractivity (Wildman–Crippen MR) is 72.9 cm³/mol. The second-order valence-corrected chi connectivity index (χ2v) is 4.51. The Kier molecular flexibility index (Phi) is 3.87. The Labute approximate surface area is 112 Å². The van der Waals surface area contributed by atoms with E-state index >= 15 is 0 Å². The first kappa shape index (κ1) is 13.6. The van der Waals surface area contributed by atoms with Crippen LogP contribution in [0.4, 0.5) is 0 Å². The fourth-order valence-electron chi connectivity index (χ4n) is 2.29. The van der Waals surface area contributed by atoms with Crippen LogP contribution in [0.5, 0.6) is 5.75 Å². The molecule has 0 aliphatic carbocycles. The van der Waals surface area contributed by atoms with Gasteiger partial charge in [-0.25, -0.2) is 5.43 Å². The largest absolute Gasteiger partial charge is 0.495 e. The van der Waals surface area contributed by atoms with E-state index in [9.17, 15) is 0 Å². The maximum Gasteiger partial charge on any atom is 0.137 e. The molecule has 3 N–H and O–H groups in total. The standard InChI is InChI=1S/C14H19N3O2/c1-8-9(2)19-10(3)13(8)14(17-15)11-5-12(18-4)7-16-6-11/h5-7,14,17H,15H2,1-4H3. The number of nitrogens with zero attached hydrogens (tertiary/aromatic N) is 1. The molecule has 19 heavy (non-hydrogen) atoms. The molecule has 0 aromatic carbocycles. The van der Waals surface area contributed by atoms with E-state index < -0.39 is 0 Å². The molecule has 0 aliphatic rings. The van der Waals surface area contributed by atoms with E-state index in [0.717, 1.165) is 28.2 Å². The van der Waals surface area contributed by atoms with Gasteiger partial charge in [0.2, 0.25) is 0 Å². The minimum atomic E-state index is -0.167. The molecule has 2 aromatic heterocycles. The topological polar surface area (TPSA) is 73.3 Å². The third kappa shape index (κ3) is 2.47. The van der Waals surface area contributed by atoms with Gasteiger partial charge in [0.15, 0.2) is 0 Å². The minimum absolute atomic E-state index is 0.167. The molecule has 2 heterocycles. The van der Waals surface area contributed by atoms with Gasteiger partial charge in [-0.1, -0.05) is 0 Å². The summed E-state index contributed by atoms with van der Waals surface area (Å²) in [6.45, 7) is 5.91. The molecule has 2 rings (SSSR count). The van der Waals surface area contributed by atoms with Crippen LogP contribution < -0.4 is 16.0 Å². The summed E-state index contributed by atoms with van der Waals surface area (Å²) in [4.78, 5) is 4.16. The number of methoxy groups -OCH3 is 1. The van der Waals surface area contributed by atoms with Gasteiger partial charge in [0, 0.05) is 11.8 Å². The number of nitrogens with two attached hydrogens (primary N) is 1. The van der Waals surface area contributed by atoms with Crippen LogP contribution >= 0.6 is 0 Å². The molecule has 1 atom stereocenters. The molecule has 0 spiro atoms. The first-order valence-electron chi connectivity index (χ1n) is 6.10. The highest BCUT2D eigenvalue weighted by atomic mass is 16.5. The van der Waals surface area contributed by atoms with E-state index in [-0.39, 0.29) is 6.04 Å². The van der Waals surface area contributed by atoms with E-state index in [1.54, 1.807) is 19.5 Å². The lowest BCUT2D eigenvalue weighted by molar-refractivity contribution is 0.411. The van der Waals surface area contributed by atoms with Crippen LogP contribution in [0.2, 0.25) is 0 Å². The summed E-state index contributed by atoms with van der Waals surface area (Å²) in [5.41, 5.74) is 5.92. The molecule has 2 aromatic rings. The number of ether oxygens (including phenoxy) is 1. The molecule has 0 saturated carbocycles. The highest BCUT2D eigenvalue weighted by molar-refractivity contribution is 5.41. The molecule has 102 valence electrons. The quantitative estimate of drug-likeness (QED) is 0.651. The predicted octanol–water partition coefficient (Wildman–Crippen LogP) is 2.16. The van der Waals surface area contributed by atoms with Crippen molar-refractivity contribution in [1.29, 1.82) is 0 Å². The summed E-state index contributed by atoms with van der Waals surface area (Å²) in [5.74, 6) is 8.19. The SMILES string of the molecule is COc1cncc(C(NN)c2c(C)oc(C)c2C)c1. The van der Waals surface area contributed by atoms with Crippen molar-refractivity contribution >= 4 is 0 Å². The van der Waals surface area contributed by atoms with Crippen LogP contribution in [0.25, 0.3) is 0 Å². The first-order chi connectivity index (χ1) is 9.08. The average Bonchev–Trinajstić information content (AvgIpc) is 2.66. The van der Waals surface area contributed by atoms with Gasteiger partial charge < -0.3 is 9.15 Å². The van der Waals surface area contributed by atoms with Crippen molar-refractivity contribution < 1.29 is 9.15 Å². The Hall–Kier alpha value is -1.85. The van der Waals surface area contributed by atoms with Crippen LogP contribution in [-0.2, 0) is 0 Å². The summed E-state index contributed by atoms with van der Waals surface area (Å²) < 4.78 is 10.9. The minimum Gasteiger partial charge on any atom is -0.495 e. The second-order valence-electron chi connectivity index (χ2n) is 4.51. The van der Waals surface area contributed by atoms with Crippen LogP contribution in [0.1, 0.15) is 34.3 Å². The van der Waals surface area contributed by atoms with Crippen LogP contribution in [-0.4, -0.2) is 12.1 Å². The Morgan fingerprint density at radius 3 is 2.53 bits per heavy atom. The van der Waals surface area contributed by atoms with E-state index in [4.69, 9.17) is 15.0 Å². The maximum absolute atomic E-state index is 5.72. The van der Waals surface area contributed by atoms with Gasteiger partial charge >= 0.3 is 0 Å². The number of rotatable bonds is 4. The maximum atomic E-state index is 5.72. The summed E-state index contributed by atoms with van der Waals surface area (Å²) in [6, 6.07) is 1.75. The third-order valence-electron chi connectivity index (χ3n) is 3.38. The van der Waals surface area contributed by atoms with Crippen LogP contribution in [0.3, 0.4) is 0 Å². The zero-order valence-corrected chi connectivity index (χ0v) is 11.7. The Morgan fingerprint density at radius 1 is 1.26 bits per heavy atom. The van der Waals surface area contributed by atoms with Crippen molar-refractivity contribution in [2.45, 2.75) is 26.8 Å². The van der Waals surface area contributed by atoms with Gasteiger partial charge in [-0.05, 0) is 38.0 Å². The van der Waals surface area contributed by atoms with Crippen molar-refractivity contribution in [3.05, 3.63) is 46.7 Å². The number of hydrogen-bond acceptors (Lipinski definition) is 5. The summed E-state index contributed by atoms with van der Waals surface area (Å²) in [5, 5.41) is 0. The lowest BCUT2D eigenvalue weighted by atomic mass is 9.97. The molecular formula is C14H19N3O2. The van der Waals surface area contributed by atoms with Gasteiger partial charge in [0.05, 0.1) is 19.3 Å². The van der Waals surface area contributed by atoms with Crippen LogP contribution in [0.15, 0.2) is 22.9 Å². The fourth-order valence-corrected chi connectivity index (χ4v) is 2.29. The molecule has 0 saturated heterocycles. The number of nitrogens with one attached hydrogen (secondary N) is 1. The summed E-state index contributed by atoms with van der Waals surface area (Å²) >= 11 is 0. The zero-order chi connectivity index (χ0) is 14.0. The Balaban J connectivity index is 2.49. The average molecular weight is 261 g/mol. The molecule has 5 nitrogen and oxygen atoms in total. The number of hydrogen-bond donors (Lipinski definition) is 2. The Morgan fingerprint density at radius 2 is 2.00 bits per heavy atom. The van der Waals surface area contributed by atoms with E-state index in [1.165, 1.54) is 0 Å². The normalized spacial score (nSPS) is 12.5. The molecule has 0 bridgehead atoms. The second kappa shape index (κ2) is 5.42. The smallest absolute Gasteiger partial charge is 0.137 e. The van der Waals surface area contributed by atoms with Crippen molar-refractivity contribution in [3.63, 3.8) is 0 Å². The first-order valence-corrected chi connectivity index (χ1v) is 6.10. The Bertz CT molecular complexity index is 578. The van der Waals surface area contributed by atoms with Gasteiger partial charge in [0.1, 0.15) is 17.3 Å². The monoisotopic (exact) mass is 261 g/mol. The summed E-state index contributed by atoms with van der Waals surface area (Å²) in [6.07, 6.45) is 3.44. The van der Waals surface area contributed by atoms with E-state index in [1.807, 2.05) is 26.8 Å². The molecule has 0 radical (unpaired) electrons. The highest BCUT2D eigenvalue weighted by Gasteiger charge is 2.22. The van der Waals surface area contributed by atoms with Gasteiger partial charge in [-0.3, -0.25) is 10.8 Å². The molecular weight excluding hydrogens is 242 g/mol. The fraction of sp³-hybridized carbons (Fsp3) is 0.357. The van der Waals surface area contributed by atoms with Gasteiger partial charge in [-0.15, -0.1) is 0 Å². The van der Waals surface area contributed by atoms with E-state index in [2.05, 4.69) is 10.4 Å². The van der Waals surface area contributed by atoms with Crippen molar-refractivity contribution in [1.82, 2.24) is 10.4 Å². The third-order valence-corrected chi connectivity index (χ3v) is 3.38. The number of pyridine rings is 1. The van der Waals surface area contributed by atoms with Crippen molar-refractivity contribution in [2.75, 3.05) is 7.11 Å². The van der Waals surface area contributed by atoms with Crippen molar-refractivity contribution in [3.8, 4) is 5.75 Å².